The monoisotopic (exact) mass is 361 g/mol. The largest absolute Gasteiger partial charge is 0.489 e. The molecule has 2 heterocycles. The van der Waals surface area contributed by atoms with E-state index in [0.29, 0.717) is 19.1 Å². The highest BCUT2D eigenvalue weighted by Crippen LogP contribution is 2.39. The van der Waals surface area contributed by atoms with E-state index in [-0.39, 0.29) is 11.8 Å². The fraction of sp³-hybridized carbons (Fsp3) is 0.273. The minimum absolute atomic E-state index is 0.00169. The maximum absolute atomic E-state index is 12.3. The number of hydrogen-bond acceptors (Lipinski definition) is 3. The van der Waals surface area contributed by atoms with E-state index in [1.54, 1.807) is 0 Å². The first kappa shape index (κ1) is 17.3. The van der Waals surface area contributed by atoms with Crippen molar-refractivity contribution in [2.24, 2.45) is 0 Å². The van der Waals surface area contributed by atoms with Crippen molar-refractivity contribution < 1.29 is 9.53 Å². The van der Waals surface area contributed by atoms with Crippen LogP contribution in [0.4, 0.5) is 5.69 Å². The highest BCUT2D eigenvalue weighted by molar-refractivity contribution is 5.95. The van der Waals surface area contributed by atoms with Crippen LogP contribution in [0.3, 0.4) is 0 Å². The standard InChI is InChI=1S/C22H23N3O2/c1-15(2)25-14-23-12-21(25)19-11-22(26)24-20-10-17(8-9-18(19)20)27-13-16-6-4-3-5-7-16/h3-10,12,14-15,19H,11,13H2,1-2H3,(H,24,26). The number of aromatic nitrogens is 2. The molecule has 1 atom stereocenters. The third-order valence-corrected chi connectivity index (χ3v) is 4.92. The number of ether oxygens (including phenoxy) is 1. The first-order valence-electron chi connectivity index (χ1n) is 9.24. The highest BCUT2D eigenvalue weighted by Gasteiger charge is 2.29. The predicted octanol–water partition coefficient (Wildman–Crippen LogP) is 4.52. The Morgan fingerprint density at radius 3 is 2.81 bits per heavy atom. The van der Waals surface area contributed by atoms with Gasteiger partial charge >= 0.3 is 0 Å². The SMILES string of the molecule is CC(C)n1cncc1C1CC(=O)Nc2cc(OCc3ccccc3)ccc21. The Balaban J connectivity index is 1.61. The number of nitrogens with one attached hydrogen (secondary N) is 1. The van der Waals surface area contributed by atoms with Crippen LogP contribution in [-0.2, 0) is 11.4 Å². The Hall–Kier alpha value is -3.08. The van der Waals surface area contributed by atoms with Crippen LogP contribution in [-0.4, -0.2) is 15.5 Å². The van der Waals surface area contributed by atoms with Crippen molar-refractivity contribution in [3.63, 3.8) is 0 Å². The van der Waals surface area contributed by atoms with Crippen molar-refractivity contribution in [2.75, 3.05) is 5.32 Å². The van der Waals surface area contributed by atoms with E-state index < -0.39 is 0 Å². The van der Waals surface area contributed by atoms with Crippen molar-refractivity contribution in [2.45, 2.75) is 38.8 Å². The number of amides is 1. The maximum atomic E-state index is 12.3. The van der Waals surface area contributed by atoms with E-state index in [0.717, 1.165) is 28.3 Å². The van der Waals surface area contributed by atoms with Crippen LogP contribution in [0.5, 0.6) is 5.75 Å². The van der Waals surface area contributed by atoms with Gasteiger partial charge in [-0.1, -0.05) is 36.4 Å². The molecule has 0 aliphatic carbocycles. The molecule has 1 unspecified atom stereocenters. The van der Waals surface area contributed by atoms with E-state index in [2.05, 4.69) is 34.8 Å². The van der Waals surface area contributed by atoms with Gasteiger partial charge in [0.05, 0.1) is 6.33 Å². The van der Waals surface area contributed by atoms with Crippen LogP contribution in [0.15, 0.2) is 61.1 Å². The molecule has 0 saturated heterocycles. The molecular weight excluding hydrogens is 338 g/mol. The van der Waals surface area contributed by atoms with Crippen molar-refractivity contribution >= 4 is 11.6 Å². The molecule has 138 valence electrons. The summed E-state index contributed by atoms with van der Waals surface area (Å²) in [6.45, 7) is 4.74. The number of imidazole rings is 1. The summed E-state index contributed by atoms with van der Waals surface area (Å²) in [4.78, 5) is 16.6. The van der Waals surface area contributed by atoms with E-state index in [4.69, 9.17) is 4.74 Å². The van der Waals surface area contributed by atoms with Gasteiger partial charge in [-0.05, 0) is 31.0 Å². The zero-order valence-corrected chi connectivity index (χ0v) is 15.6. The van der Waals surface area contributed by atoms with E-state index in [9.17, 15) is 4.79 Å². The number of anilines is 1. The number of hydrogen-bond donors (Lipinski definition) is 1. The number of fused-ring (bicyclic) bond motifs is 1. The molecule has 0 radical (unpaired) electrons. The van der Waals surface area contributed by atoms with Crippen molar-refractivity contribution in [1.82, 2.24) is 9.55 Å². The van der Waals surface area contributed by atoms with Gasteiger partial charge in [0.25, 0.3) is 0 Å². The summed E-state index contributed by atoms with van der Waals surface area (Å²) in [6, 6.07) is 16.3. The van der Waals surface area contributed by atoms with Crippen LogP contribution >= 0.6 is 0 Å². The van der Waals surface area contributed by atoms with Crippen LogP contribution in [0.25, 0.3) is 0 Å². The fourth-order valence-corrected chi connectivity index (χ4v) is 3.55. The predicted molar refractivity (Wildman–Crippen MR) is 105 cm³/mol. The Morgan fingerprint density at radius 2 is 2.04 bits per heavy atom. The second-order valence-electron chi connectivity index (χ2n) is 7.15. The lowest BCUT2D eigenvalue weighted by molar-refractivity contribution is -0.116. The van der Waals surface area contributed by atoms with Crippen LogP contribution < -0.4 is 10.1 Å². The molecule has 4 rings (SSSR count). The van der Waals surface area contributed by atoms with Gasteiger partial charge < -0.3 is 14.6 Å². The minimum Gasteiger partial charge on any atom is -0.489 e. The maximum Gasteiger partial charge on any atom is 0.225 e. The zero-order chi connectivity index (χ0) is 18.8. The van der Waals surface area contributed by atoms with Gasteiger partial charge in [0.15, 0.2) is 0 Å². The van der Waals surface area contributed by atoms with Crippen molar-refractivity contribution in [3.8, 4) is 5.75 Å². The molecule has 1 aromatic heterocycles. The number of carbonyl (C=O) groups excluding carboxylic acids is 1. The summed E-state index contributed by atoms with van der Waals surface area (Å²) in [5, 5.41) is 2.99. The number of nitrogens with zero attached hydrogens (tertiary/aromatic N) is 2. The van der Waals surface area contributed by atoms with Crippen molar-refractivity contribution in [3.05, 3.63) is 77.9 Å². The molecule has 0 saturated carbocycles. The Kier molecular flexibility index (Phi) is 4.67. The fourth-order valence-electron chi connectivity index (χ4n) is 3.55. The molecule has 27 heavy (non-hydrogen) atoms. The molecule has 1 aliphatic heterocycles. The van der Waals surface area contributed by atoms with Gasteiger partial charge in [-0.15, -0.1) is 0 Å². The normalized spacial score (nSPS) is 16.1. The molecular formula is C22H23N3O2. The third kappa shape index (κ3) is 3.58. The molecule has 5 heteroatoms. The number of carbonyl (C=O) groups is 1. The van der Waals surface area contributed by atoms with Crippen LogP contribution in [0.2, 0.25) is 0 Å². The Morgan fingerprint density at radius 1 is 1.22 bits per heavy atom. The minimum atomic E-state index is 0.00169. The Labute approximate surface area is 159 Å². The van der Waals surface area contributed by atoms with Gasteiger partial charge in [0.1, 0.15) is 12.4 Å². The summed E-state index contributed by atoms with van der Waals surface area (Å²) in [5.41, 5.74) is 4.10. The van der Waals surface area contributed by atoms with E-state index in [1.807, 2.05) is 55.0 Å². The summed E-state index contributed by atoms with van der Waals surface area (Å²) in [5.74, 6) is 0.766. The lowest BCUT2D eigenvalue weighted by atomic mass is 9.88. The molecule has 0 spiro atoms. The zero-order valence-electron chi connectivity index (χ0n) is 15.6. The lowest BCUT2D eigenvalue weighted by Gasteiger charge is -2.27. The molecule has 1 N–H and O–H groups in total. The summed E-state index contributed by atoms with van der Waals surface area (Å²) < 4.78 is 8.04. The molecule has 2 aromatic carbocycles. The van der Waals surface area contributed by atoms with Crippen LogP contribution in [0.1, 0.15) is 49.0 Å². The molecule has 0 bridgehead atoms. The second-order valence-corrected chi connectivity index (χ2v) is 7.15. The van der Waals surface area contributed by atoms with Crippen molar-refractivity contribution in [1.29, 1.82) is 0 Å². The smallest absolute Gasteiger partial charge is 0.225 e. The van der Waals surface area contributed by atoms with Gasteiger partial charge in [-0.2, -0.15) is 0 Å². The summed E-state index contributed by atoms with van der Waals surface area (Å²) in [7, 11) is 0. The summed E-state index contributed by atoms with van der Waals surface area (Å²) in [6.07, 6.45) is 4.13. The first-order chi connectivity index (χ1) is 13.1. The van der Waals surface area contributed by atoms with E-state index in [1.165, 1.54) is 0 Å². The van der Waals surface area contributed by atoms with Gasteiger partial charge in [0.2, 0.25) is 5.91 Å². The molecule has 0 fully saturated rings. The first-order valence-corrected chi connectivity index (χ1v) is 9.24. The molecule has 3 aromatic rings. The van der Waals surface area contributed by atoms with Gasteiger partial charge in [-0.25, -0.2) is 4.98 Å². The average molecular weight is 361 g/mol. The lowest BCUT2D eigenvalue weighted by Crippen LogP contribution is -2.25. The quantitative estimate of drug-likeness (QED) is 0.727. The second kappa shape index (κ2) is 7.27. The molecule has 5 nitrogen and oxygen atoms in total. The van der Waals surface area contributed by atoms with Crippen LogP contribution in [0, 0.1) is 0 Å². The molecule has 1 amide bonds. The Bertz CT molecular complexity index is 947. The van der Waals surface area contributed by atoms with E-state index >= 15 is 0 Å². The van der Waals surface area contributed by atoms with Gasteiger partial charge in [0, 0.05) is 42.0 Å². The number of benzene rings is 2. The average Bonchev–Trinajstić information content (AvgIpc) is 3.16. The number of rotatable bonds is 5. The summed E-state index contributed by atoms with van der Waals surface area (Å²) >= 11 is 0. The molecule has 1 aliphatic rings. The highest BCUT2D eigenvalue weighted by atomic mass is 16.5. The van der Waals surface area contributed by atoms with Gasteiger partial charge in [-0.3, -0.25) is 4.79 Å². The third-order valence-electron chi connectivity index (χ3n) is 4.92. The topological polar surface area (TPSA) is 56.2 Å².